The fourth-order valence-corrected chi connectivity index (χ4v) is 2.16. The van der Waals surface area contributed by atoms with Crippen LogP contribution < -0.4 is 5.73 Å². The number of nitrogens with two attached hydrogens (primary N) is 1. The van der Waals surface area contributed by atoms with E-state index in [4.69, 9.17) is 10.5 Å². The van der Waals surface area contributed by atoms with Crippen molar-refractivity contribution in [3.63, 3.8) is 0 Å². The van der Waals surface area contributed by atoms with Crippen LogP contribution in [0.1, 0.15) is 49.5 Å². The van der Waals surface area contributed by atoms with Crippen LogP contribution in [-0.4, -0.2) is 22.7 Å². The number of nitrogens with zero attached hydrogens (tertiary/aromatic N) is 2. The smallest absolute Gasteiger partial charge is 0.144 e. The molecule has 0 aliphatic carbocycles. The average Bonchev–Trinajstić information content (AvgIpc) is 2.83. The Balaban J connectivity index is 1.72. The zero-order valence-corrected chi connectivity index (χ0v) is 10.4. The summed E-state index contributed by atoms with van der Waals surface area (Å²) < 4.78 is 5.58. The third-order valence-electron chi connectivity index (χ3n) is 3.20. The highest BCUT2D eigenvalue weighted by Crippen LogP contribution is 2.20. The van der Waals surface area contributed by atoms with E-state index in [1.165, 1.54) is 12.8 Å². The van der Waals surface area contributed by atoms with Gasteiger partial charge in [-0.15, -0.1) is 0 Å². The van der Waals surface area contributed by atoms with Crippen LogP contribution in [-0.2, 0) is 4.74 Å². The summed E-state index contributed by atoms with van der Waals surface area (Å²) in [5.74, 6) is 0.753. The molecule has 94 valence electrons. The molecule has 2 unspecified atom stereocenters. The molecule has 2 atom stereocenters. The third-order valence-corrected chi connectivity index (χ3v) is 3.20. The van der Waals surface area contributed by atoms with Gasteiger partial charge >= 0.3 is 0 Å². The summed E-state index contributed by atoms with van der Waals surface area (Å²) in [6.45, 7) is 2.91. The number of rotatable bonds is 5. The van der Waals surface area contributed by atoms with Gasteiger partial charge < -0.3 is 10.5 Å². The van der Waals surface area contributed by atoms with E-state index in [1.54, 1.807) is 0 Å². The van der Waals surface area contributed by atoms with Gasteiger partial charge in [0, 0.05) is 19.0 Å². The van der Waals surface area contributed by atoms with E-state index < -0.39 is 0 Å². The molecule has 2 heterocycles. The summed E-state index contributed by atoms with van der Waals surface area (Å²) in [6.07, 6.45) is 9.64. The first-order valence-electron chi connectivity index (χ1n) is 6.41. The molecule has 0 bridgehead atoms. The van der Waals surface area contributed by atoms with Crippen molar-refractivity contribution in [1.29, 1.82) is 0 Å². The van der Waals surface area contributed by atoms with Crippen LogP contribution in [0, 0.1) is 6.92 Å². The molecule has 1 fully saturated rings. The van der Waals surface area contributed by atoms with E-state index in [0.717, 1.165) is 37.3 Å². The molecule has 0 aromatic carbocycles. The predicted molar refractivity (Wildman–Crippen MR) is 66.5 cm³/mol. The van der Waals surface area contributed by atoms with Crippen LogP contribution in [0.3, 0.4) is 0 Å². The molecule has 4 heteroatoms. The Morgan fingerprint density at radius 2 is 2.24 bits per heavy atom. The SMILES string of the molecule is Cc1cnc(C(N)CCCC2CCCO2)nc1. The molecule has 1 saturated heterocycles. The van der Waals surface area contributed by atoms with Crippen LogP contribution in [0.25, 0.3) is 0 Å². The van der Waals surface area contributed by atoms with Crippen molar-refractivity contribution in [2.45, 2.75) is 51.2 Å². The van der Waals surface area contributed by atoms with Gasteiger partial charge in [-0.2, -0.15) is 0 Å². The van der Waals surface area contributed by atoms with Crippen LogP contribution >= 0.6 is 0 Å². The zero-order valence-electron chi connectivity index (χ0n) is 10.4. The molecular weight excluding hydrogens is 214 g/mol. The minimum Gasteiger partial charge on any atom is -0.378 e. The molecule has 2 N–H and O–H groups in total. The van der Waals surface area contributed by atoms with Crippen molar-refractivity contribution in [3.8, 4) is 0 Å². The lowest BCUT2D eigenvalue weighted by atomic mass is 10.1. The van der Waals surface area contributed by atoms with Gasteiger partial charge in [-0.1, -0.05) is 0 Å². The average molecular weight is 235 g/mol. The lowest BCUT2D eigenvalue weighted by molar-refractivity contribution is 0.101. The summed E-state index contributed by atoms with van der Waals surface area (Å²) in [7, 11) is 0. The quantitative estimate of drug-likeness (QED) is 0.849. The van der Waals surface area contributed by atoms with E-state index >= 15 is 0 Å². The maximum Gasteiger partial charge on any atom is 0.144 e. The minimum absolute atomic E-state index is 0.0444. The second-order valence-electron chi connectivity index (χ2n) is 4.79. The molecular formula is C13H21N3O. The Bertz CT molecular complexity index is 333. The van der Waals surface area contributed by atoms with Crippen molar-refractivity contribution >= 4 is 0 Å². The fraction of sp³-hybridized carbons (Fsp3) is 0.692. The molecule has 0 saturated carbocycles. The van der Waals surface area contributed by atoms with Crippen molar-refractivity contribution in [2.24, 2.45) is 5.73 Å². The molecule has 0 radical (unpaired) electrons. The number of hydrogen-bond acceptors (Lipinski definition) is 4. The Hall–Kier alpha value is -1.00. The van der Waals surface area contributed by atoms with Crippen LogP contribution in [0.2, 0.25) is 0 Å². The highest BCUT2D eigenvalue weighted by atomic mass is 16.5. The molecule has 1 aromatic heterocycles. The fourth-order valence-electron chi connectivity index (χ4n) is 2.16. The maximum atomic E-state index is 6.06. The highest BCUT2D eigenvalue weighted by Gasteiger charge is 2.16. The lowest BCUT2D eigenvalue weighted by Gasteiger charge is -2.12. The van der Waals surface area contributed by atoms with Gasteiger partial charge in [-0.05, 0) is 44.6 Å². The molecule has 1 aliphatic rings. The van der Waals surface area contributed by atoms with Crippen molar-refractivity contribution < 1.29 is 4.74 Å². The topological polar surface area (TPSA) is 61.0 Å². The Labute approximate surface area is 103 Å². The van der Waals surface area contributed by atoms with Crippen LogP contribution in [0.15, 0.2) is 12.4 Å². The molecule has 2 rings (SSSR count). The second kappa shape index (κ2) is 6.07. The van der Waals surface area contributed by atoms with Gasteiger partial charge in [0.15, 0.2) is 0 Å². The van der Waals surface area contributed by atoms with E-state index in [1.807, 2.05) is 19.3 Å². The highest BCUT2D eigenvalue weighted by molar-refractivity contribution is 5.04. The van der Waals surface area contributed by atoms with Gasteiger partial charge in [0.2, 0.25) is 0 Å². The first-order valence-corrected chi connectivity index (χ1v) is 6.41. The molecule has 1 aliphatic heterocycles. The largest absolute Gasteiger partial charge is 0.378 e. The Kier molecular flexibility index (Phi) is 4.45. The van der Waals surface area contributed by atoms with Crippen molar-refractivity contribution in [1.82, 2.24) is 9.97 Å². The van der Waals surface area contributed by atoms with Crippen molar-refractivity contribution in [2.75, 3.05) is 6.61 Å². The van der Waals surface area contributed by atoms with E-state index in [9.17, 15) is 0 Å². The van der Waals surface area contributed by atoms with Crippen molar-refractivity contribution in [3.05, 3.63) is 23.8 Å². The minimum atomic E-state index is -0.0444. The molecule has 0 amide bonds. The van der Waals surface area contributed by atoms with E-state index in [-0.39, 0.29) is 6.04 Å². The number of hydrogen-bond donors (Lipinski definition) is 1. The summed E-state index contributed by atoms with van der Waals surface area (Å²) >= 11 is 0. The van der Waals surface area contributed by atoms with E-state index in [2.05, 4.69) is 9.97 Å². The van der Waals surface area contributed by atoms with Gasteiger partial charge in [0.1, 0.15) is 5.82 Å². The molecule has 17 heavy (non-hydrogen) atoms. The summed E-state index contributed by atoms with van der Waals surface area (Å²) in [5, 5.41) is 0. The Morgan fingerprint density at radius 3 is 2.88 bits per heavy atom. The van der Waals surface area contributed by atoms with Crippen LogP contribution in [0.4, 0.5) is 0 Å². The normalized spacial score (nSPS) is 21.6. The van der Waals surface area contributed by atoms with Gasteiger partial charge in [-0.3, -0.25) is 0 Å². The summed E-state index contributed by atoms with van der Waals surface area (Å²) in [6, 6.07) is -0.0444. The zero-order chi connectivity index (χ0) is 12.1. The predicted octanol–water partition coefficient (Wildman–Crippen LogP) is 2.13. The van der Waals surface area contributed by atoms with Gasteiger partial charge in [0.25, 0.3) is 0 Å². The molecule has 1 aromatic rings. The lowest BCUT2D eigenvalue weighted by Crippen LogP contribution is -2.15. The number of aryl methyl sites for hydroxylation is 1. The molecule has 4 nitrogen and oxygen atoms in total. The Morgan fingerprint density at radius 1 is 1.47 bits per heavy atom. The van der Waals surface area contributed by atoms with E-state index in [0.29, 0.717) is 6.10 Å². The first-order chi connectivity index (χ1) is 8.25. The first kappa shape index (κ1) is 12.5. The third kappa shape index (κ3) is 3.75. The number of aromatic nitrogens is 2. The second-order valence-corrected chi connectivity index (χ2v) is 4.79. The number of ether oxygens (including phenoxy) is 1. The summed E-state index contributed by atoms with van der Waals surface area (Å²) in [4.78, 5) is 8.52. The maximum absolute atomic E-state index is 6.06. The standard InChI is InChI=1S/C13H21N3O/c1-10-8-15-13(16-9-10)12(14)6-2-4-11-5-3-7-17-11/h8-9,11-12H,2-7,14H2,1H3. The molecule has 0 spiro atoms. The van der Waals surface area contributed by atoms with Gasteiger partial charge in [0.05, 0.1) is 12.1 Å². The van der Waals surface area contributed by atoms with Gasteiger partial charge in [-0.25, -0.2) is 9.97 Å². The summed E-state index contributed by atoms with van der Waals surface area (Å²) in [5.41, 5.74) is 7.13. The van der Waals surface area contributed by atoms with Crippen LogP contribution in [0.5, 0.6) is 0 Å². The monoisotopic (exact) mass is 235 g/mol.